The summed E-state index contributed by atoms with van der Waals surface area (Å²) in [6.45, 7) is 6.17. The van der Waals surface area contributed by atoms with Crippen LogP contribution in [0.1, 0.15) is 27.3 Å². The second-order valence-corrected chi connectivity index (χ2v) is 7.95. The third kappa shape index (κ3) is 4.50. The molecular weight excluding hydrogens is 439 g/mol. The molecule has 13 heteroatoms. The summed E-state index contributed by atoms with van der Waals surface area (Å²) in [6.07, 6.45) is -3.47. The van der Waals surface area contributed by atoms with Crippen molar-refractivity contribution >= 4 is 27.5 Å². The Morgan fingerprint density at radius 3 is 2.65 bits per heavy atom. The summed E-state index contributed by atoms with van der Waals surface area (Å²) < 4.78 is 73.0. The first-order valence-electron chi connectivity index (χ1n) is 8.66. The normalized spacial score (nSPS) is 12.0. The lowest BCUT2D eigenvalue weighted by Crippen LogP contribution is -2.19. The minimum absolute atomic E-state index is 0.0183. The Balaban J connectivity index is 2.07. The molecule has 0 aliphatic heterocycles. The maximum atomic E-state index is 13.3. The van der Waals surface area contributed by atoms with Gasteiger partial charge in [0.1, 0.15) is 6.61 Å². The molecule has 0 aliphatic carbocycles. The Hall–Kier alpha value is -3.48. The number of sulfonamides is 1. The van der Waals surface area contributed by atoms with Gasteiger partial charge in [0.25, 0.3) is 21.0 Å². The van der Waals surface area contributed by atoms with E-state index < -0.39 is 38.8 Å². The van der Waals surface area contributed by atoms with Crippen molar-refractivity contribution < 1.29 is 31.1 Å². The fraction of sp³-hybridized carbons (Fsp3) is 0.222. The molecule has 3 aromatic rings. The number of carbonyl (C=O) groups excluding carboxylic acids is 1. The molecule has 0 unspecified atom stereocenters. The highest BCUT2D eigenvalue weighted by molar-refractivity contribution is 7.92. The quantitative estimate of drug-likeness (QED) is 0.449. The molecule has 2 heterocycles. The lowest BCUT2D eigenvalue weighted by atomic mass is 10.1. The number of anilines is 1. The standard InChI is InChI=1S/C18H16F3N5O4S/c1-4-8-30-15(27)12-7-5-6-10(2)14(12)25-31(28,29)17-23-16-22-11(3)9-13(18(19,20)21)26(16)24-17/h4-7,9,25H,1,8H2,2-3H3. The van der Waals surface area contributed by atoms with E-state index in [0.29, 0.717) is 10.1 Å². The number of hydrogen-bond acceptors (Lipinski definition) is 7. The van der Waals surface area contributed by atoms with Crippen molar-refractivity contribution in [1.29, 1.82) is 0 Å². The van der Waals surface area contributed by atoms with Crippen LogP contribution in [-0.4, -0.2) is 40.6 Å². The van der Waals surface area contributed by atoms with Crippen molar-refractivity contribution in [2.45, 2.75) is 25.2 Å². The predicted octanol–water partition coefficient (Wildman–Crippen LogP) is 2.90. The molecule has 2 aromatic heterocycles. The van der Waals surface area contributed by atoms with Crippen molar-refractivity contribution in [2.75, 3.05) is 11.3 Å². The molecule has 0 atom stereocenters. The van der Waals surface area contributed by atoms with Crippen LogP contribution in [0.15, 0.2) is 42.1 Å². The maximum absolute atomic E-state index is 13.3. The van der Waals surface area contributed by atoms with Gasteiger partial charge in [0, 0.05) is 5.69 Å². The second-order valence-electron chi connectivity index (χ2n) is 6.38. The highest BCUT2D eigenvalue weighted by Gasteiger charge is 2.36. The summed E-state index contributed by atoms with van der Waals surface area (Å²) in [4.78, 5) is 19.7. The van der Waals surface area contributed by atoms with Crippen LogP contribution in [0.4, 0.5) is 18.9 Å². The van der Waals surface area contributed by atoms with Crippen LogP contribution in [0, 0.1) is 13.8 Å². The molecule has 0 bridgehead atoms. The molecular formula is C18H16F3N5O4S. The third-order valence-corrected chi connectivity index (χ3v) is 5.14. The summed E-state index contributed by atoms with van der Waals surface area (Å²) in [6, 6.07) is 5.11. The van der Waals surface area contributed by atoms with Crippen LogP contribution in [-0.2, 0) is 20.9 Å². The van der Waals surface area contributed by atoms with Crippen LogP contribution in [0.2, 0.25) is 0 Å². The summed E-state index contributed by atoms with van der Waals surface area (Å²) >= 11 is 0. The van der Waals surface area contributed by atoms with Gasteiger partial charge in [-0.3, -0.25) is 4.72 Å². The number of aryl methyl sites for hydroxylation is 2. The number of esters is 1. The van der Waals surface area contributed by atoms with Crippen LogP contribution in [0.25, 0.3) is 5.78 Å². The van der Waals surface area contributed by atoms with Gasteiger partial charge in [-0.25, -0.2) is 9.78 Å². The molecule has 0 radical (unpaired) electrons. The molecule has 0 saturated heterocycles. The molecule has 0 fully saturated rings. The van der Waals surface area contributed by atoms with Crippen molar-refractivity contribution in [3.8, 4) is 0 Å². The maximum Gasteiger partial charge on any atom is 0.433 e. The summed E-state index contributed by atoms with van der Waals surface area (Å²) in [5, 5.41) is 2.54. The zero-order valence-electron chi connectivity index (χ0n) is 16.3. The van der Waals surface area contributed by atoms with E-state index >= 15 is 0 Å². The van der Waals surface area contributed by atoms with Crippen molar-refractivity contribution in [2.24, 2.45) is 0 Å². The van der Waals surface area contributed by atoms with E-state index in [4.69, 9.17) is 4.74 Å². The third-order valence-electron chi connectivity index (χ3n) is 4.01. The van der Waals surface area contributed by atoms with Crippen LogP contribution in [0.3, 0.4) is 0 Å². The van der Waals surface area contributed by atoms with Crippen LogP contribution in [0.5, 0.6) is 0 Å². The number of aromatic nitrogens is 4. The first-order valence-corrected chi connectivity index (χ1v) is 10.1. The number of nitrogens with one attached hydrogen (secondary N) is 1. The minimum Gasteiger partial charge on any atom is -0.458 e. The Morgan fingerprint density at radius 1 is 1.29 bits per heavy atom. The first kappa shape index (κ1) is 22.2. The number of rotatable bonds is 6. The number of hydrogen-bond donors (Lipinski definition) is 1. The monoisotopic (exact) mass is 455 g/mol. The Kier molecular flexibility index (Phi) is 5.72. The Bertz CT molecular complexity index is 1290. The van der Waals surface area contributed by atoms with E-state index in [1.54, 1.807) is 0 Å². The van der Waals surface area contributed by atoms with E-state index in [-0.39, 0.29) is 23.6 Å². The van der Waals surface area contributed by atoms with Gasteiger partial charge >= 0.3 is 12.1 Å². The van der Waals surface area contributed by atoms with E-state index in [1.165, 1.54) is 38.1 Å². The van der Waals surface area contributed by atoms with Gasteiger partial charge in [-0.1, -0.05) is 24.8 Å². The van der Waals surface area contributed by atoms with E-state index in [0.717, 1.165) is 6.07 Å². The van der Waals surface area contributed by atoms with Crippen molar-refractivity contribution in [3.63, 3.8) is 0 Å². The average molecular weight is 455 g/mol. The predicted molar refractivity (Wildman–Crippen MR) is 103 cm³/mol. The molecule has 31 heavy (non-hydrogen) atoms. The van der Waals surface area contributed by atoms with E-state index in [9.17, 15) is 26.4 Å². The number of ether oxygens (including phenoxy) is 1. The van der Waals surface area contributed by atoms with Crippen molar-refractivity contribution in [1.82, 2.24) is 19.6 Å². The fourth-order valence-electron chi connectivity index (χ4n) is 2.65. The molecule has 9 nitrogen and oxygen atoms in total. The molecule has 0 saturated carbocycles. The van der Waals surface area contributed by atoms with Gasteiger partial charge in [-0.2, -0.15) is 31.1 Å². The average Bonchev–Trinajstić information content (AvgIpc) is 3.11. The zero-order chi connectivity index (χ0) is 23.0. The van der Waals surface area contributed by atoms with Gasteiger partial charge in [0.2, 0.25) is 0 Å². The molecule has 164 valence electrons. The van der Waals surface area contributed by atoms with Crippen LogP contribution >= 0.6 is 0 Å². The van der Waals surface area contributed by atoms with E-state index in [1.807, 2.05) is 0 Å². The van der Waals surface area contributed by atoms with Gasteiger partial charge in [-0.15, -0.1) is 5.10 Å². The number of alkyl halides is 3. The number of benzene rings is 1. The molecule has 1 aromatic carbocycles. The summed E-state index contributed by atoms with van der Waals surface area (Å²) in [5.74, 6) is -1.36. The highest BCUT2D eigenvalue weighted by atomic mass is 32.2. The highest BCUT2D eigenvalue weighted by Crippen LogP contribution is 2.30. The summed E-state index contributed by atoms with van der Waals surface area (Å²) in [7, 11) is -4.58. The number of halogens is 3. The lowest BCUT2D eigenvalue weighted by molar-refractivity contribution is -0.142. The minimum atomic E-state index is -4.81. The van der Waals surface area contributed by atoms with Gasteiger partial charge < -0.3 is 4.74 Å². The first-order chi connectivity index (χ1) is 14.4. The number of para-hydroxylation sites is 1. The molecule has 0 aliphatic rings. The number of carbonyl (C=O) groups is 1. The molecule has 0 spiro atoms. The molecule has 3 rings (SSSR count). The second kappa shape index (κ2) is 7.98. The number of nitrogens with zero attached hydrogens (tertiary/aromatic N) is 4. The largest absolute Gasteiger partial charge is 0.458 e. The lowest BCUT2D eigenvalue weighted by Gasteiger charge is -2.13. The summed E-state index contributed by atoms with van der Waals surface area (Å²) in [5.41, 5.74) is -1.09. The topological polar surface area (TPSA) is 116 Å². The van der Waals surface area contributed by atoms with Gasteiger partial charge in [0.15, 0.2) is 5.69 Å². The Labute approximate surface area is 174 Å². The molecule has 1 N–H and O–H groups in total. The van der Waals surface area contributed by atoms with Gasteiger partial charge in [-0.05, 0) is 31.5 Å². The van der Waals surface area contributed by atoms with Crippen molar-refractivity contribution in [3.05, 3.63) is 59.4 Å². The van der Waals surface area contributed by atoms with Crippen LogP contribution < -0.4 is 4.72 Å². The fourth-order valence-corrected chi connectivity index (χ4v) is 3.67. The SMILES string of the molecule is C=CCOC(=O)c1cccc(C)c1NS(=O)(=O)c1nc2nc(C)cc(C(F)(F)F)n2n1. The smallest absolute Gasteiger partial charge is 0.433 e. The van der Waals surface area contributed by atoms with Gasteiger partial charge in [0.05, 0.1) is 11.3 Å². The van der Waals surface area contributed by atoms with E-state index in [2.05, 4.69) is 26.4 Å². The Morgan fingerprint density at radius 2 is 2.00 bits per heavy atom. The molecule has 0 amide bonds. The zero-order valence-corrected chi connectivity index (χ0v) is 17.1. The number of fused-ring (bicyclic) bond motifs is 1.